The number of carbonyl (C=O) groups excluding carboxylic acids is 1. The third-order valence-corrected chi connectivity index (χ3v) is 6.76. The normalized spacial score (nSPS) is 23.1. The van der Waals surface area contributed by atoms with Crippen LogP contribution in [0, 0.1) is 5.92 Å². The van der Waals surface area contributed by atoms with Gasteiger partial charge in [-0.15, -0.1) is 0 Å². The zero-order valence-electron chi connectivity index (χ0n) is 18.0. The molecular weight excluding hydrogens is 348 g/mol. The minimum Gasteiger partial charge on any atom is -0.348 e. The van der Waals surface area contributed by atoms with Gasteiger partial charge in [0.05, 0.1) is 11.2 Å². The highest BCUT2D eigenvalue weighted by molar-refractivity contribution is 5.93. The Balaban J connectivity index is 1.32. The van der Waals surface area contributed by atoms with Gasteiger partial charge in [-0.05, 0) is 71.3 Å². The van der Waals surface area contributed by atoms with E-state index < -0.39 is 0 Å². The van der Waals surface area contributed by atoms with Crippen LogP contribution in [-0.4, -0.2) is 46.3 Å². The number of nitrogens with zero attached hydrogens (tertiary/aromatic N) is 3. The van der Waals surface area contributed by atoms with Crippen molar-refractivity contribution in [2.75, 3.05) is 19.6 Å². The third-order valence-electron chi connectivity index (χ3n) is 6.76. The van der Waals surface area contributed by atoms with E-state index in [1.807, 2.05) is 10.7 Å². The Morgan fingerprint density at radius 1 is 1.07 bits per heavy atom. The summed E-state index contributed by atoms with van der Waals surface area (Å²) in [4.78, 5) is 15.7. The monoisotopic (exact) mass is 386 g/mol. The van der Waals surface area contributed by atoms with E-state index in [1.54, 1.807) is 0 Å². The molecular formula is C23H38N4O. The molecule has 0 bridgehead atoms. The summed E-state index contributed by atoms with van der Waals surface area (Å²) in [5.41, 5.74) is 1.66. The lowest BCUT2D eigenvalue weighted by Gasteiger charge is -2.35. The smallest absolute Gasteiger partial charge is 0.269 e. The van der Waals surface area contributed by atoms with Crippen molar-refractivity contribution in [2.45, 2.75) is 96.1 Å². The Hall–Kier alpha value is -1.36. The van der Waals surface area contributed by atoms with Crippen LogP contribution in [0.3, 0.4) is 0 Å². The van der Waals surface area contributed by atoms with Crippen LogP contribution in [0.1, 0.15) is 101 Å². The van der Waals surface area contributed by atoms with Gasteiger partial charge in [0.15, 0.2) is 0 Å². The summed E-state index contributed by atoms with van der Waals surface area (Å²) in [5, 5.41) is 8.10. The molecule has 1 aromatic rings. The van der Waals surface area contributed by atoms with E-state index in [-0.39, 0.29) is 11.4 Å². The number of carbonyl (C=O) groups is 1. The predicted molar refractivity (Wildman–Crippen MR) is 113 cm³/mol. The van der Waals surface area contributed by atoms with Crippen LogP contribution in [0.25, 0.3) is 0 Å². The summed E-state index contributed by atoms with van der Waals surface area (Å²) < 4.78 is 1.94. The molecule has 0 spiro atoms. The summed E-state index contributed by atoms with van der Waals surface area (Å²) in [6.45, 7) is 9.87. The number of hydrogen-bond acceptors (Lipinski definition) is 3. The number of aromatic nitrogens is 2. The van der Waals surface area contributed by atoms with Gasteiger partial charge in [-0.1, -0.05) is 19.3 Å². The second kappa shape index (κ2) is 8.17. The van der Waals surface area contributed by atoms with Crippen molar-refractivity contribution in [3.05, 3.63) is 17.5 Å². The average Bonchev–Trinajstić information content (AvgIpc) is 3.41. The Bertz CT molecular complexity index is 671. The molecule has 1 aliphatic heterocycles. The van der Waals surface area contributed by atoms with Crippen molar-refractivity contribution in [3.63, 3.8) is 0 Å². The zero-order chi connectivity index (χ0) is 19.7. The topological polar surface area (TPSA) is 50.2 Å². The molecule has 1 N–H and O–H groups in total. The first-order valence-electron chi connectivity index (χ1n) is 11.5. The number of nitrogens with one attached hydrogen (secondary N) is 1. The average molecular weight is 387 g/mol. The van der Waals surface area contributed by atoms with Gasteiger partial charge in [-0.2, -0.15) is 5.10 Å². The van der Waals surface area contributed by atoms with Crippen LogP contribution < -0.4 is 5.32 Å². The van der Waals surface area contributed by atoms with E-state index in [4.69, 9.17) is 5.10 Å². The Morgan fingerprint density at radius 3 is 2.36 bits per heavy atom. The van der Waals surface area contributed by atoms with Crippen LogP contribution in [0.2, 0.25) is 0 Å². The number of hydrogen-bond donors (Lipinski definition) is 1. The molecule has 3 aliphatic rings. The first-order valence-corrected chi connectivity index (χ1v) is 11.5. The molecule has 2 aliphatic carbocycles. The molecule has 0 radical (unpaired) electrons. The molecule has 2 saturated carbocycles. The highest BCUT2D eigenvalue weighted by Crippen LogP contribution is 2.40. The molecule has 3 fully saturated rings. The number of piperidine rings is 1. The van der Waals surface area contributed by atoms with Crippen molar-refractivity contribution < 1.29 is 4.79 Å². The molecule has 1 amide bonds. The fourth-order valence-electron chi connectivity index (χ4n) is 4.91. The second-order valence-electron chi connectivity index (χ2n) is 10.4. The quantitative estimate of drug-likeness (QED) is 0.821. The van der Waals surface area contributed by atoms with Gasteiger partial charge in [0.1, 0.15) is 5.69 Å². The maximum absolute atomic E-state index is 13.0. The van der Waals surface area contributed by atoms with E-state index in [2.05, 4.69) is 31.0 Å². The highest BCUT2D eigenvalue weighted by Gasteiger charge is 2.32. The fraction of sp³-hybridized carbons (Fsp3) is 0.826. The molecule has 1 aromatic heterocycles. The molecule has 2 heterocycles. The van der Waals surface area contributed by atoms with Gasteiger partial charge in [-0.3, -0.25) is 9.48 Å². The molecule has 1 saturated heterocycles. The Labute approximate surface area is 170 Å². The fourth-order valence-corrected chi connectivity index (χ4v) is 4.91. The lowest BCUT2D eigenvalue weighted by atomic mass is 9.88. The van der Waals surface area contributed by atoms with Gasteiger partial charge in [0, 0.05) is 31.6 Å². The Kier molecular flexibility index (Phi) is 5.82. The summed E-state index contributed by atoms with van der Waals surface area (Å²) in [6.07, 6.45) is 11.6. The summed E-state index contributed by atoms with van der Waals surface area (Å²) >= 11 is 0. The summed E-state index contributed by atoms with van der Waals surface area (Å²) in [7, 11) is 0. The third kappa shape index (κ3) is 4.79. The van der Waals surface area contributed by atoms with Crippen molar-refractivity contribution in [1.29, 1.82) is 0 Å². The van der Waals surface area contributed by atoms with Gasteiger partial charge >= 0.3 is 0 Å². The van der Waals surface area contributed by atoms with Crippen LogP contribution in [0.4, 0.5) is 0 Å². The van der Waals surface area contributed by atoms with Gasteiger partial charge in [0.25, 0.3) is 5.91 Å². The van der Waals surface area contributed by atoms with Crippen molar-refractivity contribution in [1.82, 2.24) is 20.0 Å². The van der Waals surface area contributed by atoms with E-state index in [9.17, 15) is 4.79 Å². The molecule has 5 nitrogen and oxygen atoms in total. The van der Waals surface area contributed by atoms with Crippen molar-refractivity contribution in [3.8, 4) is 0 Å². The van der Waals surface area contributed by atoms with Gasteiger partial charge < -0.3 is 10.2 Å². The minimum absolute atomic E-state index is 0.0556. The van der Waals surface area contributed by atoms with Gasteiger partial charge in [-0.25, -0.2) is 0 Å². The molecule has 28 heavy (non-hydrogen) atoms. The van der Waals surface area contributed by atoms with E-state index in [0.29, 0.717) is 12.0 Å². The number of likely N-dealkylation sites (tertiary alicyclic amines) is 1. The SMILES string of the molecule is CC(C)(C)n1nc(C2CC2)cc1C(=O)NC1CCN(CC2CCCCC2)CC1. The van der Waals surface area contributed by atoms with Crippen LogP contribution in [0.15, 0.2) is 6.07 Å². The molecule has 0 unspecified atom stereocenters. The van der Waals surface area contributed by atoms with E-state index in [0.717, 1.165) is 43.2 Å². The maximum Gasteiger partial charge on any atom is 0.269 e. The molecule has 4 rings (SSSR count). The second-order valence-corrected chi connectivity index (χ2v) is 10.4. The van der Waals surface area contributed by atoms with Crippen molar-refractivity contribution in [2.24, 2.45) is 5.92 Å². The van der Waals surface area contributed by atoms with Gasteiger partial charge in [0.2, 0.25) is 0 Å². The van der Waals surface area contributed by atoms with Crippen LogP contribution >= 0.6 is 0 Å². The maximum atomic E-state index is 13.0. The highest BCUT2D eigenvalue weighted by atomic mass is 16.2. The van der Waals surface area contributed by atoms with Crippen molar-refractivity contribution >= 4 is 5.91 Å². The standard InChI is InChI=1S/C23H38N4O/c1-23(2,3)27-21(15-20(25-27)18-9-10-18)22(28)24-19-11-13-26(14-12-19)16-17-7-5-4-6-8-17/h15,17-19H,4-14,16H2,1-3H3,(H,24,28). The molecule has 0 aromatic carbocycles. The molecule has 5 heteroatoms. The first-order chi connectivity index (χ1) is 13.4. The largest absolute Gasteiger partial charge is 0.348 e. The molecule has 0 atom stereocenters. The van der Waals surface area contributed by atoms with E-state index in [1.165, 1.54) is 51.5 Å². The first kappa shape index (κ1) is 19.9. The van der Waals surface area contributed by atoms with Crippen LogP contribution in [0.5, 0.6) is 0 Å². The number of rotatable bonds is 5. The summed E-state index contributed by atoms with van der Waals surface area (Å²) in [5.74, 6) is 1.53. The van der Waals surface area contributed by atoms with E-state index >= 15 is 0 Å². The minimum atomic E-state index is -0.177. The summed E-state index contributed by atoms with van der Waals surface area (Å²) in [6, 6.07) is 2.33. The molecule has 156 valence electrons. The van der Waals surface area contributed by atoms with Crippen LogP contribution in [-0.2, 0) is 5.54 Å². The predicted octanol–water partition coefficient (Wildman–Crippen LogP) is 4.29. The lowest BCUT2D eigenvalue weighted by molar-refractivity contribution is 0.0883. The zero-order valence-corrected chi connectivity index (χ0v) is 18.0. The Morgan fingerprint density at radius 2 is 1.75 bits per heavy atom. The number of amides is 1. The lowest BCUT2D eigenvalue weighted by Crippen LogP contribution is -2.46.